The Morgan fingerprint density at radius 1 is 0.977 bits per heavy atom. The van der Waals surface area contributed by atoms with E-state index in [0.29, 0.717) is 39.1 Å². The van der Waals surface area contributed by atoms with Gasteiger partial charge in [0, 0.05) is 50.4 Å². The molecule has 0 spiro atoms. The minimum absolute atomic E-state index is 0.0132. The number of benzene rings is 3. The van der Waals surface area contributed by atoms with Gasteiger partial charge in [0.1, 0.15) is 6.61 Å². The van der Waals surface area contributed by atoms with Gasteiger partial charge in [-0.05, 0) is 23.1 Å². The molecule has 2 heterocycles. The van der Waals surface area contributed by atoms with Gasteiger partial charge in [-0.25, -0.2) is 9.59 Å². The van der Waals surface area contributed by atoms with Crippen molar-refractivity contribution in [3.8, 4) is 0 Å². The largest absolute Gasteiger partial charge is 0.445 e. The Bertz CT molecular complexity index is 1320. The number of nitrogens with zero attached hydrogens (tertiary/aromatic N) is 3. The standard InChI is InChI=1S/C34H39N5O4S/c1-2-22-43-33(41)39-25-30(23-29(39)24-31(37-42)36-32(40)38-20-18-35-19-21-38)44-34(26-12-6-3-7-13-26,27-14-8-4-9-15-27)28-16-10-5-11-17-28/h2-17,29-30,35,42H,1,18-25H2,(H,36,37,40)/t29-,30-/m0/s1. The summed E-state index contributed by atoms with van der Waals surface area (Å²) in [6, 6.07) is 30.6. The van der Waals surface area contributed by atoms with Crippen LogP contribution >= 0.6 is 11.8 Å². The number of carbonyl (C=O) groups is 2. The Morgan fingerprint density at radius 3 is 2.02 bits per heavy atom. The first-order chi connectivity index (χ1) is 21.5. The normalized spacial score (nSPS) is 19.0. The van der Waals surface area contributed by atoms with Crippen molar-refractivity contribution in [2.24, 2.45) is 5.16 Å². The molecule has 3 aromatic carbocycles. The molecule has 10 heteroatoms. The lowest BCUT2D eigenvalue weighted by Gasteiger charge is -2.37. The monoisotopic (exact) mass is 613 g/mol. The maximum Gasteiger partial charge on any atom is 0.410 e. The van der Waals surface area contributed by atoms with Crippen molar-refractivity contribution in [3.05, 3.63) is 120 Å². The van der Waals surface area contributed by atoms with E-state index in [0.717, 1.165) is 16.7 Å². The molecule has 3 amide bonds. The lowest BCUT2D eigenvalue weighted by molar-refractivity contribution is 0.109. The van der Waals surface area contributed by atoms with Gasteiger partial charge in [0.25, 0.3) is 0 Å². The molecule has 0 bridgehead atoms. The van der Waals surface area contributed by atoms with Crippen LogP contribution in [-0.2, 0) is 9.48 Å². The highest BCUT2D eigenvalue weighted by atomic mass is 32.2. The molecule has 2 atom stereocenters. The second kappa shape index (κ2) is 14.9. The number of hydrogen-bond acceptors (Lipinski definition) is 7. The zero-order valence-corrected chi connectivity index (χ0v) is 25.5. The Hall–Kier alpha value is -4.28. The smallest absolute Gasteiger partial charge is 0.410 e. The zero-order chi connectivity index (χ0) is 30.8. The molecule has 3 N–H and O–H groups in total. The fraction of sp³-hybridized carbons (Fsp3) is 0.324. The van der Waals surface area contributed by atoms with Crippen LogP contribution in [0.3, 0.4) is 0 Å². The van der Waals surface area contributed by atoms with E-state index in [2.05, 4.69) is 95.2 Å². The number of hydrogen-bond donors (Lipinski definition) is 3. The average Bonchev–Trinajstić information content (AvgIpc) is 3.49. The number of ether oxygens (including phenoxy) is 1. The summed E-state index contributed by atoms with van der Waals surface area (Å²) in [4.78, 5) is 29.6. The number of rotatable bonds is 9. The topological polar surface area (TPSA) is 106 Å². The summed E-state index contributed by atoms with van der Waals surface area (Å²) in [5.41, 5.74) is 3.40. The summed E-state index contributed by atoms with van der Waals surface area (Å²) >= 11 is 1.80. The number of amides is 3. The third-order valence-electron chi connectivity index (χ3n) is 8.02. The Labute approximate surface area is 263 Å². The molecule has 3 aromatic rings. The molecule has 44 heavy (non-hydrogen) atoms. The summed E-state index contributed by atoms with van der Waals surface area (Å²) in [6.45, 7) is 6.71. The SMILES string of the molecule is C=CCOC(=O)N1C[C@@H](SC(c2ccccc2)(c2ccccc2)c2ccccc2)C[C@H]1C/C(=N/O)NC(=O)N1CCNCC1. The molecule has 2 fully saturated rings. The van der Waals surface area contributed by atoms with Crippen LogP contribution in [0.5, 0.6) is 0 Å². The van der Waals surface area contributed by atoms with Crippen molar-refractivity contribution >= 4 is 29.7 Å². The second-order valence-corrected chi connectivity index (χ2v) is 12.4. The molecule has 9 nitrogen and oxygen atoms in total. The molecule has 2 saturated heterocycles. The number of amidine groups is 1. The van der Waals surface area contributed by atoms with Crippen molar-refractivity contribution < 1.29 is 19.5 Å². The molecule has 0 saturated carbocycles. The predicted molar refractivity (Wildman–Crippen MR) is 174 cm³/mol. The molecule has 2 aliphatic rings. The van der Waals surface area contributed by atoms with Crippen molar-refractivity contribution in [2.45, 2.75) is 28.9 Å². The highest BCUT2D eigenvalue weighted by molar-refractivity contribution is 8.01. The predicted octanol–water partition coefficient (Wildman–Crippen LogP) is 5.27. The highest BCUT2D eigenvalue weighted by Gasteiger charge is 2.45. The molecule has 2 aliphatic heterocycles. The lowest BCUT2D eigenvalue weighted by Crippen LogP contribution is -2.52. The van der Waals surface area contributed by atoms with Gasteiger partial charge in [-0.3, -0.25) is 5.32 Å². The van der Waals surface area contributed by atoms with Crippen LogP contribution in [0.2, 0.25) is 0 Å². The van der Waals surface area contributed by atoms with Crippen molar-refractivity contribution in [1.29, 1.82) is 0 Å². The van der Waals surface area contributed by atoms with Crippen LogP contribution in [0.25, 0.3) is 0 Å². The molecule has 0 radical (unpaired) electrons. The quantitative estimate of drug-likeness (QED) is 0.0759. The molecule has 0 unspecified atom stereocenters. The first kappa shape index (κ1) is 31.2. The van der Waals surface area contributed by atoms with Crippen molar-refractivity contribution in [1.82, 2.24) is 20.4 Å². The fourth-order valence-corrected chi connectivity index (χ4v) is 7.84. The van der Waals surface area contributed by atoms with E-state index in [1.165, 1.54) is 6.08 Å². The summed E-state index contributed by atoms with van der Waals surface area (Å²) in [6.07, 6.45) is 1.84. The Kier molecular flexibility index (Phi) is 10.6. The highest BCUT2D eigenvalue weighted by Crippen LogP contribution is 2.52. The van der Waals surface area contributed by atoms with Gasteiger partial charge in [0.2, 0.25) is 0 Å². The first-order valence-corrected chi connectivity index (χ1v) is 15.8. The third kappa shape index (κ3) is 7.09. The number of oxime groups is 1. The molecular weight excluding hydrogens is 574 g/mol. The summed E-state index contributed by atoms with van der Waals surface area (Å²) in [7, 11) is 0. The van der Waals surface area contributed by atoms with Crippen molar-refractivity contribution in [3.63, 3.8) is 0 Å². The van der Waals surface area contributed by atoms with Gasteiger partial charge < -0.3 is 25.1 Å². The van der Waals surface area contributed by atoms with Gasteiger partial charge in [-0.15, -0.1) is 11.8 Å². The average molecular weight is 614 g/mol. The molecular formula is C34H39N5O4S. The molecule has 0 aliphatic carbocycles. The van der Waals surface area contributed by atoms with E-state index in [-0.39, 0.29) is 36.2 Å². The van der Waals surface area contributed by atoms with Crippen LogP contribution < -0.4 is 10.6 Å². The fourth-order valence-electron chi connectivity index (χ4n) is 5.97. The number of urea groups is 1. The van der Waals surface area contributed by atoms with E-state index < -0.39 is 10.8 Å². The summed E-state index contributed by atoms with van der Waals surface area (Å²) in [5.74, 6) is 0.117. The second-order valence-electron chi connectivity index (χ2n) is 10.8. The van der Waals surface area contributed by atoms with Crippen LogP contribution in [0, 0.1) is 0 Å². The van der Waals surface area contributed by atoms with Gasteiger partial charge in [0.05, 0.1) is 4.75 Å². The maximum absolute atomic E-state index is 13.3. The number of carbonyl (C=O) groups excluding carboxylic acids is 2. The van der Waals surface area contributed by atoms with Gasteiger partial charge in [-0.2, -0.15) is 0 Å². The summed E-state index contributed by atoms with van der Waals surface area (Å²) in [5, 5.41) is 19.3. The van der Waals surface area contributed by atoms with Crippen LogP contribution in [0.1, 0.15) is 29.5 Å². The van der Waals surface area contributed by atoms with E-state index in [1.807, 2.05) is 18.2 Å². The first-order valence-electron chi connectivity index (χ1n) is 14.9. The van der Waals surface area contributed by atoms with Gasteiger partial charge >= 0.3 is 12.1 Å². The maximum atomic E-state index is 13.3. The van der Waals surface area contributed by atoms with Crippen LogP contribution in [0.15, 0.2) is 109 Å². The Morgan fingerprint density at radius 2 is 1.52 bits per heavy atom. The zero-order valence-electron chi connectivity index (χ0n) is 24.7. The number of likely N-dealkylation sites (tertiary alicyclic amines) is 1. The van der Waals surface area contributed by atoms with Crippen molar-refractivity contribution in [2.75, 3.05) is 39.3 Å². The van der Waals surface area contributed by atoms with Crippen LogP contribution in [-0.4, -0.2) is 83.6 Å². The number of thioether (sulfide) groups is 1. The lowest BCUT2D eigenvalue weighted by atomic mass is 9.84. The van der Waals surface area contributed by atoms with Gasteiger partial charge in [-0.1, -0.05) is 109 Å². The third-order valence-corrected chi connectivity index (χ3v) is 9.76. The van der Waals surface area contributed by atoms with E-state index in [1.54, 1.807) is 21.6 Å². The van der Waals surface area contributed by atoms with E-state index >= 15 is 0 Å². The van der Waals surface area contributed by atoms with E-state index in [4.69, 9.17) is 4.74 Å². The minimum Gasteiger partial charge on any atom is -0.445 e. The molecule has 0 aromatic heterocycles. The number of piperazine rings is 1. The minimum atomic E-state index is -0.565. The van der Waals surface area contributed by atoms with E-state index in [9.17, 15) is 14.8 Å². The molecule has 5 rings (SSSR count). The molecule has 230 valence electrons. The van der Waals surface area contributed by atoms with Gasteiger partial charge in [0.15, 0.2) is 5.84 Å². The summed E-state index contributed by atoms with van der Waals surface area (Å²) < 4.78 is 4.92. The number of nitrogens with one attached hydrogen (secondary N) is 2. The van der Waals surface area contributed by atoms with Crippen LogP contribution in [0.4, 0.5) is 9.59 Å². The Balaban J connectivity index is 1.46.